The molecule has 16 heavy (non-hydrogen) atoms. The smallest absolute Gasteiger partial charge is 0.00457 e. The van der Waals surface area contributed by atoms with Crippen LogP contribution in [0.3, 0.4) is 0 Å². The van der Waals surface area contributed by atoms with E-state index in [4.69, 9.17) is 0 Å². The lowest BCUT2D eigenvalue weighted by molar-refractivity contribution is 0.639. The zero-order chi connectivity index (χ0) is 12.0. The summed E-state index contributed by atoms with van der Waals surface area (Å²) in [6.07, 6.45) is 3.66. The van der Waals surface area contributed by atoms with Gasteiger partial charge in [-0.05, 0) is 75.4 Å². The Labute approximate surface area is 100 Å². The average Bonchev–Trinajstić information content (AvgIpc) is 2.25. The maximum Gasteiger partial charge on any atom is -0.00457 e. The van der Waals surface area contributed by atoms with Gasteiger partial charge in [-0.2, -0.15) is 0 Å². The van der Waals surface area contributed by atoms with Gasteiger partial charge in [0.15, 0.2) is 0 Å². The summed E-state index contributed by atoms with van der Waals surface area (Å²) in [5.41, 5.74) is 5.78. The van der Waals surface area contributed by atoms with Crippen LogP contribution >= 0.6 is 0 Å². The van der Waals surface area contributed by atoms with Gasteiger partial charge in [-0.15, -0.1) is 0 Å². The van der Waals surface area contributed by atoms with Crippen molar-refractivity contribution >= 4 is 0 Å². The topological polar surface area (TPSA) is 12.0 Å². The van der Waals surface area contributed by atoms with Crippen LogP contribution in [-0.2, 0) is 6.42 Å². The van der Waals surface area contributed by atoms with E-state index in [1.807, 2.05) is 0 Å². The molecule has 0 aliphatic carbocycles. The Kier molecular flexibility index (Phi) is 5.54. The summed E-state index contributed by atoms with van der Waals surface area (Å²) in [6, 6.07) is 4.66. The van der Waals surface area contributed by atoms with E-state index in [-0.39, 0.29) is 0 Å². The van der Waals surface area contributed by atoms with Crippen LogP contribution in [0.5, 0.6) is 0 Å². The highest BCUT2D eigenvalue weighted by Gasteiger charge is 2.01. The molecule has 0 aliphatic heterocycles. The lowest BCUT2D eigenvalue weighted by Crippen LogP contribution is -2.16. The first-order valence-corrected chi connectivity index (χ1v) is 6.42. The number of aryl methyl sites for hydroxylation is 4. The highest BCUT2D eigenvalue weighted by atomic mass is 14.8. The summed E-state index contributed by atoms with van der Waals surface area (Å²) in [4.78, 5) is 0. The first-order valence-electron chi connectivity index (χ1n) is 6.42. The largest absolute Gasteiger partial charge is 0.317 e. The number of hydrogen-bond acceptors (Lipinski definition) is 1. The summed E-state index contributed by atoms with van der Waals surface area (Å²) in [5.74, 6) is 0. The fourth-order valence-electron chi connectivity index (χ4n) is 2.00. The molecule has 0 amide bonds. The molecule has 0 saturated carbocycles. The number of benzene rings is 1. The second-order valence-corrected chi connectivity index (χ2v) is 4.72. The monoisotopic (exact) mass is 219 g/mol. The van der Waals surface area contributed by atoms with Gasteiger partial charge >= 0.3 is 0 Å². The first kappa shape index (κ1) is 13.2. The van der Waals surface area contributed by atoms with Crippen LogP contribution in [0.2, 0.25) is 0 Å². The fourth-order valence-corrected chi connectivity index (χ4v) is 2.00. The molecule has 1 aromatic rings. The van der Waals surface area contributed by atoms with Gasteiger partial charge in [0, 0.05) is 0 Å². The second kappa shape index (κ2) is 6.70. The Morgan fingerprint density at radius 1 is 0.938 bits per heavy atom. The molecule has 0 unspecified atom stereocenters. The van der Waals surface area contributed by atoms with E-state index in [1.54, 1.807) is 0 Å². The molecule has 0 saturated heterocycles. The predicted octanol–water partition coefficient (Wildman–Crippen LogP) is 3.54. The fraction of sp³-hybridized carbons (Fsp3) is 0.600. The van der Waals surface area contributed by atoms with Crippen LogP contribution in [0.15, 0.2) is 12.1 Å². The van der Waals surface area contributed by atoms with E-state index in [0.29, 0.717) is 0 Å². The van der Waals surface area contributed by atoms with E-state index in [9.17, 15) is 0 Å². The Morgan fingerprint density at radius 3 is 2.31 bits per heavy atom. The van der Waals surface area contributed by atoms with Gasteiger partial charge < -0.3 is 5.32 Å². The minimum atomic E-state index is 1.14. The van der Waals surface area contributed by atoms with Crippen molar-refractivity contribution in [1.82, 2.24) is 5.32 Å². The van der Waals surface area contributed by atoms with Crippen LogP contribution < -0.4 is 5.32 Å². The molecule has 0 atom stereocenters. The third-order valence-corrected chi connectivity index (χ3v) is 3.18. The van der Waals surface area contributed by atoms with Gasteiger partial charge in [0.05, 0.1) is 0 Å². The van der Waals surface area contributed by atoms with Gasteiger partial charge in [-0.1, -0.05) is 19.1 Å². The van der Waals surface area contributed by atoms with E-state index in [0.717, 1.165) is 13.1 Å². The van der Waals surface area contributed by atoms with Crippen molar-refractivity contribution in [1.29, 1.82) is 0 Å². The molecule has 0 aromatic heterocycles. The van der Waals surface area contributed by atoms with E-state index in [2.05, 4.69) is 45.1 Å². The van der Waals surface area contributed by atoms with Crippen molar-refractivity contribution in [2.75, 3.05) is 13.1 Å². The molecular weight excluding hydrogens is 194 g/mol. The quantitative estimate of drug-likeness (QED) is 0.722. The maximum atomic E-state index is 3.45. The summed E-state index contributed by atoms with van der Waals surface area (Å²) < 4.78 is 0. The Hall–Kier alpha value is -0.820. The molecule has 0 aliphatic rings. The van der Waals surface area contributed by atoms with E-state index >= 15 is 0 Å². The van der Waals surface area contributed by atoms with Crippen LogP contribution in [0.1, 0.15) is 42.0 Å². The second-order valence-electron chi connectivity index (χ2n) is 4.72. The summed E-state index contributed by atoms with van der Waals surface area (Å²) in [6.45, 7) is 11.1. The predicted molar refractivity (Wildman–Crippen MR) is 72.1 cm³/mol. The zero-order valence-electron chi connectivity index (χ0n) is 11.2. The molecule has 0 spiro atoms. The van der Waals surface area contributed by atoms with Gasteiger partial charge in [-0.25, -0.2) is 0 Å². The number of hydrogen-bond donors (Lipinski definition) is 1. The van der Waals surface area contributed by atoms with Gasteiger partial charge in [0.2, 0.25) is 0 Å². The number of rotatable bonds is 6. The van der Waals surface area contributed by atoms with Gasteiger partial charge in [0.1, 0.15) is 0 Å². The highest BCUT2D eigenvalue weighted by Crippen LogP contribution is 2.16. The molecule has 0 bridgehead atoms. The van der Waals surface area contributed by atoms with Gasteiger partial charge in [0.25, 0.3) is 0 Å². The first-order chi connectivity index (χ1) is 7.65. The maximum absolute atomic E-state index is 3.45. The van der Waals surface area contributed by atoms with E-state index < -0.39 is 0 Å². The molecule has 1 rings (SSSR count). The van der Waals surface area contributed by atoms with Crippen LogP contribution in [0.4, 0.5) is 0 Å². The van der Waals surface area contributed by atoms with Gasteiger partial charge in [-0.3, -0.25) is 0 Å². The van der Waals surface area contributed by atoms with Crippen molar-refractivity contribution in [2.45, 2.75) is 47.0 Å². The summed E-state index contributed by atoms with van der Waals surface area (Å²) >= 11 is 0. The molecule has 0 radical (unpaired) electrons. The molecule has 0 heterocycles. The SMILES string of the molecule is CCCNCCCc1cc(C)c(C)cc1C. The van der Waals surface area contributed by atoms with Crippen molar-refractivity contribution in [3.8, 4) is 0 Å². The highest BCUT2D eigenvalue weighted by molar-refractivity contribution is 5.36. The molecule has 1 heteroatoms. The lowest BCUT2D eigenvalue weighted by Gasteiger charge is -2.10. The third kappa shape index (κ3) is 3.97. The Morgan fingerprint density at radius 2 is 1.62 bits per heavy atom. The zero-order valence-corrected chi connectivity index (χ0v) is 11.2. The molecular formula is C15H25N. The molecule has 1 nitrogen and oxygen atoms in total. The van der Waals surface area contributed by atoms with Crippen LogP contribution in [-0.4, -0.2) is 13.1 Å². The molecule has 90 valence electrons. The van der Waals surface area contributed by atoms with Crippen molar-refractivity contribution in [3.05, 3.63) is 34.4 Å². The van der Waals surface area contributed by atoms with Crippen LogP contribution in [0, 0.1) is 20.8 Å². The van der Waals surface area contributed by atoms with Crippen molar-refractivity contribution in [2.24, 2.45) is 0 Å². The van der Waals surface area contributed by atoms with E-state index in [1.165, 1.54) is 41.5 Å². The Balaban J connectivity index is 2.45. The average molecular weight is 219 g/mol. The minimum Gasteiger partial charge on any atom is -0.317 e. The van der Waals surface area contributed by atoms with Crippen molar-refractivity contribution in [3.63, 3.8) is 0 Å². The normalized spacial score (nSPS) is 10.8. The standard InChI is InChI=1S/C15H25N/c1-5-8-16-9-6-7-15-11-13(3)12(2)10-14(15)4/h10-11,16H,5-9H2,1-4H3. The lowest BCUT2D eigenvalue weighted by atomic mass is 9.98. The van der Waals surface area contributed by atoms with Crippen molar-refractivity contribution < 1.29 is 0 Å². The summed E-state index contributed by atoms with van der Waals surface area (Å²) in [5, 5.41) is 3.45. The summed E-state index contributed by atoms with van der Waals surface area (Å²) in [7, 11) is 0. The molecule has 1 N–H and O–H groups in total. The number of nitrogens with one attached hydrogen (secondary N) is 1. The Bertz CT molecular complexity index is 328. The minimum absolute atomic E-state index is 1.14. The molecule has 1 aromatic carbocycles. The third-order valence-electron chi connectivity index (χ3n) is 3.18. The van der Waals surface area contributed by atoms with Crippen LogP contribution in [0.25, 0.3) is 0 Å². The molecule has 0 fully saturated rings.